The highest BCUT2D eigenvalue weighted by atomic mass is 79.9. The number of methoxy groups -OCH3 is 2. The Balaban J connectivity index is 2.82. The SMILES string of the molecule is COc1ccc(CNCBr)c(OC)c1. The Kier molecular flexibility index (Phi) is 4.76. The Morgan fingerprint density at radius 2 is 2.07 bits per heavy atom. The third kappa shape index (κ3) is 2.89. The van der Waals surface area contributed by atoms with Crippen molar-refractivity contribution in [2.45, 2.75) is 6.54 Å². The Bertz CT molecular complexity index is 291. The zero-order chi connectivity index (χ0) is 10.4. The minimum Gasteiger partial charge on any atom is -0.497 e. The molecule has 0 saturated heterocycles. The Hall–Kier alpha value is -0.740. The minimum absolute atomic E-state index is 0.766. The van der Waals surface area contributed by atoms with E-state index in [0.717, 1.165) is 29.1 Å². The maximum atomic E-state index is 5.25. The van der Waals surface area contributed by atoms with Gasteiger partial charge in [0.15, 0.2) is 0 Å². The summed E-state index contributed by atoms with van der Waals surface area (Å²) in [4.78, 5) is 0. The molecule has 1 N–H and O–H groups in total. The fourth-order valence-electron chi connectivity index (χ4n) is 1.18. The second-order valence-corrected chi connectivity index (χ2v) is 3.30. The van der Waals surface area contributed by atoms with Crippen molar-refractivity contribution in [1.82, 2.24) is 5.32 Å². The highest BCUT2D eigenvalue weighted by molar-refractivity contribution is 9.09. The van der Waals surface area contributed by atoms with E-state index in [9.17, 15) is 0 Å². The largest absolute Gasteiger partial charge is 0.497 e. The van der Waals surface area contributed by atoms with E-state index in [0.29, 0.717) is 0 Å². The first kappa shape index (κ1) is 11.3. The molecule has 0 fully saturated rings. The molecule has 0 amide bonds. The third-order valence-corrected chi connectivity index (χ3v) is 2.30. The van der Waals surface area contributed by atoms with Gasteiger partial charge in [-0.2, -0.15) is 0 Å². The van der Waals surface area contributed by atoms with Crippen LogP contribution in [-0.2, 0) is 6.54 Å². The number of benzene rings is 1. The zero-order valence-electron chi connectivity index (χ0n) is 8.34. The quantitative estimate of drug-likeness (QED) is 0.650. The smallest absolute Gasteiger partial charge is 0.127 e. The van der Waals surface area contributed by atoms with Gasteiger partial charge in [-0.3, -0.25) is 0 Å². The summed E-state index contributed by atoms with van der Waals surface area (Å²) >= 11 is 3.30. The van der Waals surface area contributed by atoms with Gasteiger partial charge in [0.25, 0.3) is 0 Å². The molecule has 0 atom stereocenters. The van der Waals surface area contributed by atoms with Crippen molar-refractivity contribution in [3.63, 3.8) is 0 Å². The van der Waals surface area contributed by atoms with Gasteiger partial charge in [0.1, 0.15) is 11.5 Å². The van der Waals surface area contributed by atoms with Crippen LogP contribution in [0, 0.1) is 0 Å². The molecule has 3 nitrogen and oxygen atoms in total. The predicted molar refractivity (Wildman–Crippen MR) is 60.2 cm³/mol. The van der Waals surface area contributed by atoms with Crippen LogP contribution in [0.3, 0.4) is 0 Å². The molecule has 0 spiro atoms. The molecule has 0 bridgehead atoms. The maximum Gasteiger partial charge on any atom is 0.127 e. The third-order valence-electron chi connectivity index (χ3n) is 1.90. The van der Waals surface area contributed by atoms with Crippen molar-refractivity contribution in [3.8, 4) is 11.5 Å². The summed E-state index contributed by atoms with van der Waals surface area (Å²) in [6.07, 6.45) is 0. The van der Waals surface area contributed by atoms with Gasteiger partial charge in [-0.1, -0.05) is 22.0 Å². The molecule has 1 aromatic rings. The van der Waals surface area contributed by atoms with Crippen LogP contribution in [0.5, 0.6) is 11.5 Å². The molecular formula is C10H14BrNO2. The van der Waals surface area contributed by atoms with Crippen LogP contribution in [0.1, 0.15) is 5.56 Å². The lowest BCUT2D eigenvalue weighted by molar-refractivity contribution is 0.390. The van der Waals surface area contributed by atoms with E-state index in [1.54, 1.807) is 14.2 Å². The van der Waals surface area contributed by atoms with E-state index in [2.05, 4.69) is 21.2 Å². The van der Waals surface area contributed by atoms with Crippen molar-refractivity contribution in [1.29, 1.82) is 0 Å². The van der Waals surface area contributed by atoms with Gasteiger partial charge in [-0.05, 0) is 6.07 Å². The molecule has 0 aliphatic carbocycles. The van der Waals surface area contributed by atoms with Gasteiger partial charge in [-0.25, -0.2) is 0 Å². The fraction of sp³-hybridized carbons (Fsp3) is 0.400. The number of nitrogens with one attached hydrogen (secondary N) is 1. The summed E-state index contributed by atoms with van der Waals surface area (Å²) in [6, 6.07) is 5.80. The average molecular weight is 260 g/mol. The Labute approximate surface area is 92.5 Å². The summed E-state index contributed by atoms with van der Waals surface area (Å²) in [5, 5.41) is 3.17. The molecule has 78 valence electrons. The van der Waals surface area contributed by atoms with Crippen molar-refractivity contribution in [2.24, 2.45) is 0 Å². The lowest BCUT2D eigenvalue weighted by atomic mass is 10.2. The fourth-order valence-corrected chi connectivity index (χ4v) is 1.38. The molecule has 0 aromatic heterocycles. The molecular weight excluding hydrogens is 246 g/mol. The van der Waals surface area contributed by atoms with E-state index in [1.165, 1.54) is 0 Å². The number of halogens is 1. The minimum atomic E-state index is 0.766. The molecule has 0 radical (unpaired) electrons. The van der Waals surface area contributed by atoms with Gasteiger partial charge in [0, 0.05) is 18.2 Å². The first-order chi connectivity index (χ1) is 6.81. The number of hydrogen-bond donors (Lipinski definition) is 1. The van der Waals surface area contributed by atoms with Crippen LogP contribution in [0.4, 0.5) is 0 Å². The molecule has 0 heterocycles. The number of rotatable bonds is 5. The van der Waals surface area contributed by atoms with Gasteiger partial charge < -0.3 is 14.8 Å². The van der Waals surface area contributed by atoms with Crippen LogP contribution < -0.4 is 14.8 Å². The van der Waals surface area contributed by atoms with Crippen molar-refractivity contribution in [3.05, 3.63) is 23.8 Å². The predicted octanol–water partition coefficient (Wildman–Crippen LogP) is 2.15. The second kappa shape index (κ2) is 5.88. The van der Waals surface area contributed by atoms with Crippen LogP contribution in [0.15, 0.2) is 18.2 Å². The van der Waals surface area contributed by atoms with E-state index in [1.807, 2.05) is 18.2 Å². The van der Waals surface area contributed by atoms with E-state index in [-0.39, 0.29) is 0 Å². The highest BCUT2D eigenvalue weighted by Gasteiger charge is 2.03. The van der Waals surface area contributed by atoms with Gasteiger partial charge in [-0.15, -0.1) is 0 Å². The van der Waals surface area contributed by atoms with Crippen molar-refractivity contribution in [2.75, 3.05) is 19.7 Å². The van der Waals surface area contributed by atoms with Crippen LogP contribution in [0.2, 0.25) is 0 Å². The normalized spacial score (nSPS) is 9.93. The lowest BCUT2D eigenvalue weighted by Crippen LogP contribution is -2.10. The molecule has 0 aliphatic heterocycles. The average Bonchev–Trinajstić information content (AvgIpc) is 2.26. The molecule has 14 heavy (non-hydrogen) atoms. The van der Waals surface area contributed by atoms with Gasteiger partial charge >= 0.3 is 0 Å². The van der Waals surface area contributed by atoms with Crippen LogP contribution in [-0.4, -0.2) is 19.7 Å². The van der Waals surface area contributed by atoms with E-state index >= 15 is 0 Å². The molecule has 0 unspecified atom stereocenters. The number of alkyl halides is 1. The summed E-state index contributed by atoms with van der Waals surface area (Å²) in [5.41, 5.74) is 1.88. The first-order valence-electron chi connectivity index (χ1n) is 4.29. The molecule has 4 heteroatoms. The standard InChI is InChI=1S/C10H14BrNO2/c1-13-9-4-3-8(6-12-7-11)10(5-9)14-2/h3-5,12H,6-7H2,1-2H3. The van der Waals surface area contributed by atoms with Crippen LogP contribution >= 0.6 is 15.9 Å². The monoisotopic (exact) mass is 259 g/mol. The molecule has 1 aromatic carbocycles. The Morgan fingerprint density at radius 3 is 2.64 bits per heavy atom. The van der Waals surface area contributed by atoms with Gasteiger partial charge in [0.2, 0.25) is 0 Å². The second-order valence-electron chi connectivity index (χ2n) is 2.74. The maximum absolute atomic E-state index is 5.25. The van der Waals surface area contributed by atoms with E-state index < -0.39 is 0 Å². The van der Waals surface area contributed by atoms with Crippen LogP contribution in [0.25, 0.3) is 0 Å². The summed E-state index contributed by atoms with van der Waals surface area (Å²) in [7, 11) is 3.30. The van der Waals surface area contributed by atoms with E-state index in [4.69, 9.17) is 9.47 Å². The molecule has 0 saturated carbocycles. The molecule has 1 rings (SSSR count). The summed E-state index contributed by atoms with van der Waals surface area (Å²) in [6.45, 7) is 0.776. The first-order valence-corrected chi connectivity index (χ1v) is 5.41. The summed E-state index contributed by atoms with van der Waals surface area (Å²) in [5.74, 6) is 1.65. The van der Waals surface area contributed by atoms with Crippen molar-refractivity contribution >= 4 is 15.9 Å². The number of hydrogen-bond acceptors (Lipinski definition) is 3. The number of ether oxygens (including phenoxy) is 2. The topological polar surface area (TPSA) is 30.5 Å². The van der Waals surface area contributed by atoms with Crippen molar-refractivity contribution < 1.29 is 9.47 Å². The summed E-state index contributed by atoms with van der Waals surface area (Å²) < 4.78 is 10.4. The Morgan fingerprint density at radius 1 is 1.29 bits per heavy atom. The zero-order valence-corrected chi connectivity index (χ0v) is 9.93. The molecule has 0 aliphatic rings. The highest BCUT2D eigenvalue weighted by Crippen LogP contribution is 2.24. The lowest BCUT2D eigenvalue weighted by Gasteiger charge is -2.10. The van der Waals surface area contributed by atoms with Gasteiger partial charge in [0.05, 0.1) is 19.7 Å².